The van der Waals surface area contributed by atoms with Gasteiger partial charge in [-0.3, -0.25) is 24.3 Å². The second kappa shape index (κ2) is 14.4. The Balaban J connectivity index is 1.78. The number of likely N-dealkylation sites (tertiary alicyclic amines) is 1. The summed E-state index contributed by atoms with van der Waals surface area (Å²) in [5.41, 5.74) is 6.34. The Bertz CT molecular complexity index is 1260. The highest BCUT2D eigenvalue weighted by atomic mass is 19.1. The summed E-state index contributed by atoms with van der Waals surface area (Å²) < 4.78 is 18.7. The topological polar surface area (TPSA) is 135 Å². The van der Waals surface area contributed by atoms with Crippen LogP contribution >= 0.6 is 0 Å². The maximum atomic E-state index is 13.9. The number of halogens is 1. The van der Waals surface area contributed by atoms with Crippen LogP contribution in [0.5, 0.6) is 0 Å². The van der Waals surface area contributed by atoms with Gasteiger partial charge in [0.1, 0.15) is 23.5 Å². The van der Waals surface area contributed by atoms with Gasteiger partial charge in [0.25, 0.3) is 0 Å². The van der Waals surface area contributed by atoms with Crippen molar-refractivity contribution in [1.29, 1.82) is 0 Å². The minimum absolute atomic E-state index is 0.245. The number of aromatic nitrogens is 1. The van der Waals surface area contributed by atoms with Crippen molar-refractivity contribution >= 4 is 23.7 Å². The molecule has 3 amide bonds. The number of likely N-dealkylation sites (N-methyl/N-ethyl adjacent to an activating group) is 1. The molecule has 2 aromatic rings. The first-order chi connectivity index (χ1) is 19.8. The van der Waals surface area contributed by atoms with Gasteiger partial charge >= 0.3 is 6.09 Å². The Morgan fingerprint density at radius 2 is 1.83 bits per heavy atom. The zero-order valence-electron chi connectivity index (χ0n) is 25.1. The fraction of sp³-hybridized carbons (Fsp3) is 0.516. The number of hydrogen-bond acceptors (Lipinski definition) is 7. The number of nitrogens with zero attached hydrogens (tertiary/aromatic N) is 3. The summed E-state index contributed by atoms with van der Waals surface area (Å²) in [5, 5.41) is 2.86. The number of ether oxygens (including phenoxy) is 1. The molecule has 3 atom stereocenters. The highest BCUT2D eigenvalue weighted by molar-refractivity contribution is 6.08. The van der Waals surface area contributed by atoms with Crippen molar-refractivity contribution in [1.82, 2.24) is 20.1 Å². The molecular weight excluding hydrogens is 541 g/mol. The summed E-state index contributed by atoms with van der Waals surface area (Å²) in [6.07, 6.45) is 5.57. The fourth-order valence-electron chi connectivity index (χ4n) is 4.82. The first-order valence-electron chi connectivity index (χ1n) is 14.3. The standard InChI is InChI=1S/C31H42FN5O5/c1-20(36(5)30(41)42-31(2,3)4)28(39)35-25(9-6-7-15-33)29(40)37-16-8-10-26(37)22-17-23(19-34-18-22)27(38)21-11-13-24(32)14-12-21/h11-14,17-20,25-26H,6-10,15-16,33H2,1-5H3,(H,35,39)/t20-,25-,26-/m0/s1. The van der Waals surface area contributed by atoms with Crippen LogP contribution in [-0.4, -0.2) is 76.3 Å². The number of benzene rings is 1. The molecule has 0 spiro atoms. The molecule has 228 valence electrons. The summed E-state index contributed by atoms with van der Waals surface area (Å²) in [5.74, 6) is -1.45. The molecule has 0 radical (unpaired) electrons. The van der Waals surface area contributed by atoms with Crippen LogP contribution in [-0.2, 0) is 14.3 Å². The Morgan fingerprint density at radius 1 is 1.14 bits per heavy atom. The lowest BCUT2D eigenvalue weighted by Gasteiger charge is -2.32. The fourth-order valence-corrected chi connectivity index (χ4v) is 4.82. The summed E-state index contributed by atoms with van der Waals surface area (Å²) in [6, 6.07) is 4.99. The Kier molecular flexibility index (Phi) is 11.2. The number of hydrogen-bond donors (Lipinski definition) is 2. The molecular formula is C31H42FN5O5. The first-order valence-corrected chi connectivity index (χ1v) is 14.3. The van der Waals surface area contributed by atoms with E-state index in [1.807, 2.05) is 0 Å². The summed E-state index contributed by atoms with van der Waals surface area (Å²) in [4.78, 5) is 59.8. The van der Waals surface area contributed by atoms with Crippen LogP contribution in [0.25, 0.3) is 0 Å². The van der Waals surface area contributed by atoms with Gasteiger partial charge in [0.05, 0.1) is 6.04 Å². The van der Waals surface area contributed by atoms with E-state index in [1.165, 1.54) is 42.4 Å². The highest BCUT2D eigenvalue weighted by Gasteiger charge is 2.36. The largest absolute Gasteiger partial charge is 0.444 e. The van der Waals surface area contributed by atoms with Crippen molar-refractivity contribution in [3.05, 3.63) is 65.2 Å². The van der Waals surface area contributed by atoms with E-state index in [4.69, 9.17) is 10.5 Å². The predicted octanol–water partition coefficient (Wildman–Crippen LogP) is 3.98. The lowest BCUT2D eigenvalue weighted by atomic mass is 9.99. The molecule has 3 N–H and O–H groups in total. The van der Waals surface area contributed by atoms with E-state index in [0.717, 1.165) is 6.42 Å². The van der Waals surface area contributed by atoms with E-state index in [0.29, 0.717) is 55.5 Å². The average molecular weight is 584 g/mol. The lowest BCUT2D eigenvalue weighted by Crippen LogP contribution is -2.54. The van der Waals surface area contributed by atoms with Gasteiger partial charge in [0.15, 0.2) is 5.78 Å². The van der Waals surface area contributed by atoms with Gasteiger partial charge in [-0.05, 0) is 102 Å². The van der Waals surface area contributed by atoms with Gasteiger partial charge < -0.3 is 20.7 Å². The lowest BCUT2D eigenvalue weighted by molar-refractivity contribution is -0.138. The van der Waals surface area contributed by atoms with Crippen LogP contribution in [0.3, 0.4) is 0 Å². The maximum Gasteiger partial charge on any atom is 0.410 e. The van der Waals surface area contributed by atoms with Crippen molar-refractivity contribution < 1.29 is 28.3 Å². The summed E-state index contributed by atoms with van der Waals surface area (Å²) in [7, 11) is 1.48. The smallest absolute Gasteiger partial charge is 0.410 e. The van der Waals surface area contributed by atoms with Crippen molar-refractivity contribution in [3.63, 3.8) is 0 Å². The van der Waals surface area contributed by atoms with Crippen molar-refractivity contribution in [3.8, 4) is 0 Å². The first kappa shape index (κ1) is 32.7. The molecule has 1 aromatic heterocycles. The predicted molar refractivity (Wildman–Crippen MR) is 156 cm³/mol. The van der Waals surface area contributed by atoms with Crippen LogP contribution in [0, 0.1) is 5.82 Å². The Labute approximate surface area is 246 Å². The van der Waals surface area contributed by atoms with E-state index >= 15 is 0 Å². The Morgan fingerprint density at radius 3 is 2.48 bits per heavy atom. The van der Waals surface area contributed by atoms with Crippen LogP contribution in [0.2, 0.25) is 0 Å². The van der Waals surface area contributed by atoms with E-state index in [9.17, 15) is 23.6 Å². The molecule has 0 unspecified atom stereocenters. The second-order valence-electron chi connectivity index (χ2n) is 11.6. The maximum absolute atomic E-state index is 13.9. The molecule has 1 fully saturated rings. The molecule has 1 aliphatic rings. The molecule has 0 aliphatic carbocycles. The number of amides is 3. The number of carbonyl (C=O) groups is 4. The van der Waals surface area contributed by atoms with E-state index < -0.39 is 35.5 Å². The van der Waals surface area contributed by atoms with Crippen LogP contribution < -0.4 is 11.1 Å². The highest BCUT2D eigenvalue weighted by Crippen LogP contribution is 2.33. The zero-order valence-corrected chi connectivity index (χ0v) is 25.1. The molecule has 10 nitrogen and oxygen atoms in total. The molecule has 0 bridgehead atoms. The monoisotopic (exact) mass is 583 g/mol. The third-order valence-electron chi connectivity index (χ3n) is 7.25. The average Bonchev–Trinajstić information content (AvgIpc) is 3.45. The number of unbranched alkanes of at least 4 members (excludes halogenated alkanes) is 1. The van der Waals surface area contributed by atoms with E-state index in [2.05, 4.69) is 10.3 Å². The zero-order chi connectivity index (χ0) is 31.0. The molecule has 1 aliphatic heterocycles. The quantitative estimate of drug-likeness (QED) is 0.302. The number of rotatable bonds is 11. The molecule has 42 heavy (non-hydrogen) atoms. The number of carbonyl (C=O) groups excluding carboxylic acids is 4. The number of ketones is 1. The number of nitrogens with two attached hydrogens (primary N) is 1. The summed E-state index contributed by atoms with van der Waals surface area (Å²) in [6.45, 7) is 7.74. The van der Waals surface area contributed by atoms with Crippen molar-refractivity contribution in [2.45, 2.75) is 83.5 Å². The van der Waals surface area contributed by atoms with Gasteiger partial charge in [-0.2, -0.15) is 0 Å². The van der Waals surface area contributed by atoms with Crippen LogP contribution in [0.1, 0.15) is 87.3 Å². The molecule has 0 saturated carbocycles. The molecule has 11 heteroatoms. The van der Waals surface area contributed by atoms with E-state index in [1.54, 1.807) is 44.9 Å². The molecule has 2 heterocycles. The number of nitrogens with one attached hydrogen (secondary N) is 1. The third kappa shape index (κ3) is 8.58. The van der Waals surface area contributed by atoms with Gasteiger partial charge in [-0.15, -0.1) is 0 Å². The van der Waals surface area contributed by atoms with Crippen LogP contribution in [0.4, 0.5) is 9.18 Å². The van der Waals surface area contributed by atoms with Crippen molar-refractivity contribution in [2.24, 2.45) is 5.73 Å². The summed E-state index contributed by atoms with van der Waals surface area (Å²) >= 11 is 0. The second-order valence-corrected chi connectivity index (χ2v) is 11.6. The van der Waals surface area contributed by atoms with Gasteiger partial charge in [-0.25, -0.2) is 9.18 Å². The SMILES string of the molecule is C[C@@H](C(=O)N[C@@H](CCCCN)C(=O)N1CCC[C@H]1c1cncc(C(=O)c2ccc(F)cc2)c1)N(C)C(=O)OC(C)(C)C. The van der Waals surface area contributed by atoms with E-state index in [-0.39, 0.29) is 17.7 Å². The third-order valence-corrected chi connectivity index (χ3v) is 7.25. The van der Waals surface area contributed by atoms with Crippen LogP contribution in [0.15, 0.2) is 42.7 Å². The minimum Gasteiger partial charge on any atom is -0.444 e. The Hall–Kier alpha value is -3.86. The van der Waals surface area contributed by atoms with Gasteiger partial charge in [-0.1, -0.05) is 0 Å². The molecule has 1 saturated heterocycles. The molecule has 1 aromatic carbocycles. The van der Waals surface area contributed by atoms with Crippen molar-refractivity contribution in [2.75, 3.05) is 20.1 Å². The molecule has 3 rings (SSSR count). The normalized spacial score (nSPS) is 16.5. The minimum atomic E-state index is -0.877. The van der Waals surface area contributed by atoms with Gasteiger partial charge in [0.2, 0.25) is 11.8 Å². The number of pyridine rings is 1. The van der Waals surface area contributed by atoms with Gasteiger partial charge in [0, 0.05) is 37.1 Å².